The van der Waals surface area contributed by atoms with Gasteiger partial charge in [0.05, 0.1) is 0 Å². The quantitative estimate of drug-likeness (QED) is 0.785. The average molecular weight is 311 g/mol. The molecule has 23 heavy (non-hydrogen) atoms. The van der Waals surface area contributed by atoms with E-state index in [1.165, 1.54) is 13.8 Å². The number of hydrogen-bond acceptors (Lipinski definition) is 3. The predicted octanol–water partition coefficient (Wildman–Crippen LogP) is 3.97. The highest BCUT2D eigenvalue weighted by molar-refractivity contribution is 5.94. The molecule has 0 atom stereocenters. The van der Waals surface area contributed by atoms with Crippen molar-refractivity contribution in [3.05, 3.63) is 59.2 Å². The van der Waals surface area contributed by atoms with E-state index in [2.05, 4.69) is 0 Å². The lowest BCUT2D eigenvalue weighted by molar-refractivity contribution is -0.128. The van der Waals surface area contributed by atoms with Crippen LogP contribution in [0.5, 0.6) is 11.5 Å². The first-order valence-corrected chi connectivity index (χ1v) is 7.47. The summed E-state index contributed by atoms with van der Waals surface area (Å²) in [5.41, 5.74) is 2.56. The van der Waals surface area contributed by atoms with E-state index in [-0.39, 0.29) is 11.7 Å². The average Bonchev–Trinajstić information content (AvgIpc) is 2.50. The Bertz CT molecular complexity index is 720. The summed E-state index contributed by atoms with van der Waals surface area (Å²) < 4.78 is 5.93. The maximum Gasteiger partial charge on any atom is 0.219 e. The van der Waals surface area contributed by atoms with Crippen LogP contribution in [0.4, 0.5) is 0 Å². The zero-order chi connectivity index (χ0) is 17.0. The third kappa shape index (κ3) is 4.42. The van der Waals surface area contributed by atoms with Gasteiger partial charge in [-0.25, -0.2) is 0 Å². The van der Waals surface area contributed by atoms with E-state index in [1.807, 2.05) is 31.2 Å². The minimum atomic E-state index is -0.0421. The number of aryl methyl sites for hydroxylation is 1. The number of hydrogen-bond donors (Lipinski definition) is 0. The molecule has 120 valence electrons. The standard InChI is InChI=1S/C19H21NO3/c1-13-5-8-18(9-6-13)23-19-10-7-16(14(2)21)11-17(19)12-20(4)15(3)22/h5-11H,12H2,1-4H3. The number of rotatable bonds is 5. The van der Waals surface area contributed by atoms with Crippen molar-refractivity contribution >= 4 is 11.7 Å². The highest BCUT2D eigenvalue weighted by Crippen LogP contribution is 2.28. The largest absolute Gasteiger partial charge is 0.457 e. The van der Waals surface area contributed by atoms with E-state index >= 15 is 0 Å². The second-order valence-corrected chi connectivity index (χ2v) is 5.67. The second-order valence-electron chi connectivity index (χ2n) is 5.67. The van der Waals surface area contributed by atoms with Crippen molar-refractivity contribution in [3.63, 3.8) is 0 Å². The van der Waals surface area contributed by atoms with E-state index in [1.54, 1.807) is 30.1 Å². The molecule has 0 radical (unpaired) electrons. The fraction of sp³-hybridized carbons (Fsp3) is 0.263. The Labute approximate surface area is 136 Å². The molecular formula is C19H21NO3. The molecule has 0 saturated carbocycles. The SMILES string of the molecule is CC(=O)c1ccc(Oc2ccc(C)cc2)c(CN(C)C(C)=O)c1. The van der Waals surface area contributed by atoms with Crippen LogP contribution >= 0.6 is 0 Å². The molecule has 0 fully saturated rings. The van der Waals surface area contributed by atoms with Crippen molar-refractivity contribution in [1.82, 2.24) is 4.90 Å². The van der Waals surface area contributed by atoms with Crippen LogP contribution < -0.4 is 4.74 Å². The number of carbonyl (C=O) groups is 2. The highest BCUT2D eigenvalue weighted by atomic mass is 16.5. The van der Waals surface area contributed by atoms with Crippen molar-refractivity contribution in [2.24, 2.45) is 0 Å². The summed E-state index contributed by atoms with van der Waals surface area (Å²) in [4.78, 5) is 24.7. The maximum absolute atomic E-state index is 11.6. The van der Waals surface area contributed by atoms with Crippen molar-refractivity contribution in [1.29, 1.82) is 0 Å². The smallest absolute Gasteiger partial charge is 0.219 e. The number of ether oxygens (including phenoxy) is 1. The Morgan fingerprint density at radius 1 is 1.04 bits per heavy atom. The number of Topliss-reactive ketones (excluding diaryl/α,β-unsaturated/α-hetero) is 1. The van der Waals surface area contributed by atoms with Gasteiger partial charge in [0.2, 0.25) is 5.91 Å². The summed E-state index contributed by atoms with van der Waals surface area (Å²) in [6.07, 6.45) is 0. The fourth-order valence-electron chi connectivity index (χ4n) is 2.12. The normalized spacial score (nSPS) is 10.3. The third-order valence-electron chi connectivity index (χ3n) is 3.66. The van der Waals surface area contributed by atoms with Gasteiger partial charge < -0.3 is 9.64 Å². The molecule has 0 saturated heterocycles. The Balaban J connectivity index is 2.34. The lowest BCUT2D eigenvalue weighted by Crippen LogP contribution is -2.23. The first kappa shape index (κ1) is 16.7. The van der Waals surface area contributed by atoms with Crippen LogP contribution in [0, 0.1) is 6.92 Å². The van der Waals surface area contributed by atoms with Crippen LogP contribution in [0.1, 0.15) is 35.3 Å². The maximum atomic E-state index is 11.6. The molecule has 4 nitrogen and oxygen atoms in total. The summed E-state index contributed by atoms with van der Waals surface area (Å²) in [5.74, 6) is 1.31. The summed E-state index contributed by atoms with van der Waals surface area (Å²) in [5, 5.41) is 0. The van der Waals surface area contributed by atoms with Gasteiger partial charge in [-0.05, 0) is 44.2 Å². The zero-order valence-corrected chi connectivity index (χ0v) is 13.9. The lowest BCUT2D eigenvalue weighted by Gasteiger charge is -2.18. The molecule has 0 unspecified atom stereocenters. The van der Waals surface area contributed by atoms with E-state index < -0.39 is 0 Å². The van der Waals surface area contributed by atoms with Gasteiger partial charge in [0.15, 0.2) is 5.78 Å². The van der Waals surface area contributed by atoms with Gasteiger partial charge in [-0.15, -0.1) is 0 Å². The Morgan fingerprint density at radius 3 is 2.26 bits per heavy atom. The molecule has 1 amide bonds. The van der Waals surface area contributed by atoms with E-state index in [9.17, 15) is 9.59 Å². The molecule has 0 spiro atoms. The van der Waals surface area contributed by atoms with Gasteiger partial charge in [0.1, 0.15) is 11.5 Å². The zero-order valence-electron chi connectivity index (χ0n) is 13.9. The van der Waals surface area contributed by atoms with Crippen molar-refractivity contribution in [3.8, 4) is 11.5 Å². The summed E-state index contributed by atoms with van der Waals surface area (Å²) in [6, 6.07) is 13.0. The molecule has 0 aliphatic rings. The summed E-state index contributed by atoms with van der Waals surface area (Å²) in [7, 11) is 1.72. The number of nitrogens with zero attached hydrogens (tertiary/aromatic N) is 1. The molecule has 2 aromatic rings. The highest BCUT2D eigenvalue weighted by Gasteiger charge is 2.12. The molecular weight excluding hydrogens is 290 g/mol. The predicted molar refractivity (Wildman–Crippen MR) is 89.8 cm³/mol. The molecule has 2 aromatic carbocycles. The summed E-state index contributed by atoms with van der Waals surface area (Å²) >= 11 is 0. The Morgan fingerprint density at radius 2 is 1.70 bits per heavy atom. The first-order valence-electron chi connectivity index (χ1n) is 7.47. The Hall–Kier alpha value is -2.62. The molecule has 2 rings (SSSR count). The van der Waals surface area contributed by atoms with Crippen LogP contribution in [0.15, 0.2) is 42.5 Å². The number of amides is 1. The molecule has 0 aliphatic heterocycles. The van der Waals surface area contributed by atoms with Crippen LogP contribution in [-0.2, 0) is 11.3 Å². The molecule has 0 bridgehead atoms. The molecule has 0 aromatic heterocycles. The molecule has 0 aliphatic carbocycles. The minimum Gasteiger partial charge on any atom is -0.457 e. The fourth-order valence-corrected chi connectivity index (χ4v) is 2.12. The third-order valence-corrected chi connectivity index (χ3v) is 3.66. The van der Waals surface area contributed by atoms with Crippen molar-refractivity contribution in [2.75, 3.05) is 7.05 Å². The van der Waals surface area contributed by atoms with Gasteiger partial charge in [-0.3, -0.25) is 9.59 Å². The minimum absolute atomic E-state index is 0.0152. The van der Waals surface area contributed by atoms with Gasteiger partial charge in [-0.1, -0.05) is 17.7 Å². The van der Waals surface area contributed by atoms with Crippen molar-refractivity contribution in [2.45, 2.75) is 27.3 Å². The summed E-state index contributed by atoms with van der Waals surface area (Å²) in [6.45, 7) is 5.43. The van der Waals surface area contributed by atoms with Crippen LogP contribution in [-0.4, -0.2) is 23.6 Å². The Kier molecular flexibility index (Phi) is 5.16. The molecule has 4 heteroatoms. The van der Waals surface area contributed by atoms with E-state index in [0.29, 0.717) is 17.9 Å². The van der Waals surface area contributed by atoms with Crippen LogP contribution in [0.3, 0.4) is 0 Å². The van der Waals surface area contributed by atoms with Gasteiger partial charge in [-0.2, -0.15) is 0 Å². The van der Waals surface area contributed by atoms with E-state index in [0.717, 1.165) is 16.9 Å². The van der Waals surface area contributed by atoms with Crippen LogP contribution in [0.25, 0.3) is 0 Å². The second kappa shape index (κ2) is 7.09. The lowest BCUT2D eigenvalue weighted by atomic mass is 10.1. The van der Waals surface area contributed by atoms with Gasteiger partial charge in [0.25, 0.3) is 0 Å². The topological polar surface area (TPSA) is 46.6 Å². The van der Waals surface area contributed by atoms with Crippen molar-refractivity contribution < 1.29 is 14.3 Å². The number of ketones is 1. The van der Waals surface area contributed by atoms with Gasteiger partial charge in [0, 0.05) is 31.6 Å². The number of carbonyl (C=O) groups excluding carboxylic acids is 2. The first-order chi connectivity index (χ1) is 10.9. The van der Waals surface area contributed by atoms with Gasteiger partial charge >= 0.3 is 0 Å². The van der Waals surface area contributed by atoms with E-state index in [4.69, 9.17) is 4.74 Å². The molecule has 0 N–H and O–H groups in total. The monoisotopic (exact) mass is 311 g/mol. The molecule has 0 heterocycles. The van der Waals surface area contributed by atoms with Crippen LogP contribution in [0.2, 0.25) is 0 Å². The number of benzene rings is 2.